The number of alkyl halides is 3. The maximum absolute atomic E-state index is 13.0. The maximum atomic E-state index is 13.0. The lowest BCUT2D eigenvalue weighted by Crippen LogP contribution is -2.10. The van der Waals surface area contributed by atoms with Crippen molar-refractivity contribution in [3.63, 3.8) is 0 Å². The first-order chi connectivity index (χ1) is 7.33. The third-order valence-corrected chi connectivity index (χ3v) is 3.26. The number of rotatable bonds is 2. The number of hydrogen-bond donors (Lipinski definition) is 0. The predicted octanol–water partition coefficient (Wildman–Crippen LogP) is 4.11. The van der Waals surface area contributed by atoms with Gasteiger partial charge in [-0.3, -0.25) is 0 Å². The number of hydrogen-bond acceptors (Lipinski definition) is 2. The summed E-state index contributed by atoms with van der Waals surface area (Å²) in [5.74, 6) is -1.78. The molecule has 16 heavy (non-hydrogen) atoms. The van der Waals surface area contributed by atoms with Crippen molar-refractivity contribution in [3.8, 4) is 6.07 Å². The van der Waals surface area contributed by atoms with E-state index in [-0.39, 0.29) is 14.9 Å². The first-order valence-electron chi connectivity index (χ1n) is 3.92. The Hall–Kier alpha value is -0.740. The molecule has 0 fully saturated rings. The molecule has 1 aromatic rings. The van der Waals surface area contributed by atoms with Crippen molar-refractivity contribution in [3.05, 3.63) is 28.0 Å². The summed E-state index contributed by atoms with van der Waals surface area (Å²) in [7, 11) is 0. The molecule has 0 radical (unpaired) electrons. The SMILES string of the molecule is N#Cc1cc(F)c(Br)cc1SCC(F)(F)F. The summed E-state index contributed by atoms with van der Waals surface area (Å²) in [5.41, 5.74) is -0.102. The Morgan fingerprint density at radius 2 is 2.00 bits per heavy atom. The van der Waals surface area contributed by atoms with E-state index in [1.807, 2.05) is 0 Å². The highest BCUT2D eigenvalue weighted by atomic mass is 79.9. The van der Waals surface area contributed by atoms with Crippen molar-refractivity contribution in [1.29, 1.82) is 5.26 Å². The molecule has 0 aliphatic carbocycles. The van der Waals surface area contributed by atoms with Gasteiger partial charge < -0.3 is 0 Å². The largest absolute Gasteiger partial charge is 0.398 e. The zero-order valence-corrected chi connectivity index (χ0v) is 10.0. The summed E-state index contributed by atoms with van der Waals surface area (Å²) in [6.45, 7) is 0. The maximum Gasteiger partial charge on any atom is 0.398 e. The Kier molecular flexibility index (Phi) is 4.21. The van der Waals surface area contributed by atoms with Crippen molar-refractivity contribution in [1.82, 2.24) is 0 Å². The van der Waals surface area contributed by atoms with E-state index in [1.165, 1.54) is 6.07 Å². The molecule has 0 aromatic heterocycles. The van der Waals surface area contributed by atoms with Gasteiger partial charge in [0.15, 0.2) is 0 Å². The first-order valence-corrected chi connectivity index (χ1v) is 5.70. The van der Waals surface area contributed by atoms with Gasteiger partial charge in [-0.2, -0.15) is 18.4 Å². The summed E-state index contributed by atoms with van der Waals surface area (Å²) in [4.78, 5) is 0.105. The Balaban J connectivity index is 2.96. The summed E-state index contributed by atoms with van der Waals surface area (Å²) in [6, 6.07) is 3.73. The number of nitrogens with zero attached hydrogens (tertiary/aromatic N) is 1. The van der Waals surface area contributed by atoms with E-state index in [0.29, 0.717) is 11.8 Å². The molecular weight excluding hydrogens is 310 g/mol. The lowest BCUT2D eigenvalue weighted by atomic mass is 10.2. The average Bonchev–Trinajstić information content (AvgIpc) is 2.18. The second kappa shape index (κ2) is 5.06. The van der Waals surface area contributed by atoms with Gasteiger partial charge in [-0.05, 0) is 28.1 Å². The van der Waals surface area contributed by atoms with E-state index in [4.69, 9.17) is 5.26 Å². The van der Waals surface area contributed by atoms with Crippen molar-refractivity contribution in [2.45, 2.75) is 11.1 Å². The molecule has 0 spiro atoms. The van der Waals surface area contributed by atoms with Crippen molar-refractivity contribution >= 4 is 27.7 Å². The molecular formula is C9H4BrF4NS. The van der Waals surface area contributed by atoms with Crippen LogP contribution in [0.4, 0.5) is 17.6 Å². The van der Waals surface area contributed by atoms with Crippen LogP contribution in [0.15, 0.2) is 21.5 Å². The van der Waals surface area contributed by atoms with Gasteiger partial charge in [0.1, 0.15) is 11.9 Å². The number of halogens is 5. The van der Waals surface area contributed by atoms with Gasteiger partial charge in [-0.15, -0.1) is 11.8 Å². The molecule has 0 aliphatic heterocycles. The fourth-order valence-corrected chi connectivity index (χ4v) is 2.17. The van der Waals surface area contributed by atoms with E-state index in [9.17, 15) is 17.6 Å². The second-order valence-corrected chi connectivity index (χ2v) is 4.65. The quantitative estimate of drug-likeness (QED) is 0.606. The molecule has 0 amide bonds. The lowest BCUT2D eigenvalue weighted by molar-refractivity contribution is -0.105. The molecule has 0 saturated carbocycles. The van der Waals surface area contributed by atoms with E-state index >= 15 is 0 Å². The second-order valence-electron chi connectivity index (χ2n) is 2.78. The van der Waals surface area contributed by atoms with Gasteiger partial charge in [0, 0.05) is 4.90 Å². The average molecular weight is 314 g/mol. The first kappa shape index (κ1) is 13.3. The molecule has 0 heterocycles. The topological polar surface area (TPSA) is 23.8 Å². The van der Waals surface area contributed by atoms with E-state index in [2.05, 4.69) is 15.9 Å². The van der Waals surface area contributed by atoms with E-state index < -0.39 is 17.7 Å². The zero-order valence-electron chi connectivity index (χ0n) is 7.61. The molecule has 1 nitrogen and oxygen atoms in total. The molecule has 0 N–H and O–H groups in total. The van der Waals surface area contributed by atoms with Crippen LogP contribution >= 0.6 is 27.7 Å². The highest BCUT2D eigenvalue weighted by Crippen LogP contribution is 2.32. The Morgan fingerprint density at radius 1 is 1.38 bits per heavy atom. The summed E-state index contributed by atoms with van der Waals surface area (Å²) >= 11 is 3.31. The summed E-state index contributed by atoms with van der Waals surface area (Å²) in [5, 5.41) is 8.64. The van der Waals surface area contributed by atoms with Crippen LogP contribution in [0.25, 0.3) is 0 Å². The van der Waals surface area contributed by atoms with Gasteiger partial charge in [-0.1, -0.05) is 0 Å². The van der Waals surface area contributed by atoms with Gasteiger partial charge in [-0.25, -0.2) is 4.39 Å². The third kappa shape index (κ3) is 3.68. The molecule has 0 atom stereocenters. The Bertz CT molecular complexity index is 438. The highest BCUT2D eigenvalue weighted by Gasteiger charge is 2.28. The summed E-state index contributed by atoms with van der Waals surface area (Å²) in [6.07, 6.45) is -4.32. The van der Waals surface area contributed by atoms with Gasteiger partial charge in [0.25, 0.3) is 0 Å². The number of nitriles is 1. The van der Waals surface area contributed by atoms with Gasteiger partial charge in [0.05, 0.1) is 15.8 Å². The van der Waals surface area contributed by atoms with Crippen molar-refractivity contribution < 1.29 is 17.6 Å². The molecule has 7 heteroatoms. The predicted molar refractivity (Wildman–Crippen MR) is 55.6 cm³/mol. The smallest absolute Gasteiger partial charge is 0.206 e. The molecule has 0 unspecified atom stereocenters. The van der Waals surface area contributed by atoms with Crippen molar-refractivity contribution in [2.24, 2.45) is 0 Å². The Morgan fingerprint density at radius 3 is 2.50 bits per heavy atom. The fraction of sp³-hybridized carbons (Fsp3) is 0.222. The van der Waals surface area contributed by atoms with Crippen LogP contribution in [0.3, 0.4) is 0 Å². The molecule has 1 aromatic carbocycles. The minimum absolute atomic E-state index is 0.0381. The zero-order chi connectivity index (χ0) is 12.3. The molecule has 0 bridgehead atoms. The van der Waals surface area contributed by atoms with Gasteiger partial charge in [0.2, 0.25) is 0 Å². The standard InChI is InChI=1S/C9H4BrF4NS/c10-6-2-8(16-4-9(12,13)14)5(3-15)1-7(6)11/h1-2H,4H2. The monoisotopic (exact) mass is 313 g/mol. The normalized spacial score (nSPS) is 11.2. The van der Waals surface area contributed by atoms with E-state index in [0.717, 1.165) is 6.07 Å². The van der Waals surface area contributed by atoms with Crippen LogP contribution in [0, 0.1) is 17.1 Å². The minimum atomic E-state index is -4.32. The fourth-order valence-electron chi connectivity index (χ4n) is 0.895. The lowest BCUT2D eigenvalue weighted by Gasteiger charge is -2.07. The molecule has 0 saturated heterocycles. The van der Waals surface area contributed by atoms with Crippen LogP contribution in [0.1, 0.15) is 5.56 Å². The number of benzene rings is 1. The molecule has 1 rings (SSSR count). The minimum Gasteiger partial charge on any atom is -0.206 e. The molecule has 0 aliphatic rings. The summed E-state index contributed by atoms with van der Waals surface area (Å²) < 4.78 is 48.9. The van der Waals surface area contributed by atoms with Gasteiger partial charge >= 0.3 is 6.18 Å². The van der Waals surface area contributed by atoms with Crippen LogP contribution in [-0.4, -0.2) is 11.9 Å². The van der Waals surface area contributed by atoms with Crippen LogP contribution in [0.2, 0.25) is 0 Å². The molecule has 86 valence electrons. The van der Waals surface area contributed by atoms with Crippen LogP contribution in [-0.2, 0) is 0 Å². The van der Waals surface area contributed by atoms with Crippen molar-refractivity contribution in [2.75, 3.05) is 5.75 Å². The van der Waals surface area contributed by atoms with Crippen LogP contribution in [0.5, 0.6) is 0 Å². The third-order valence-electron chi connectivity index (χ3n) is 1.53. The highest BCUT2D eigenvalue weighted by molar-refractivity contribution is 9.10. The Labute approximate surface area is 102 Å². The number of thioether (sulfide) groups is 1. The van der Waals surface area contributed by atoms with E-state index in [1.54, 1.807) is 6.07 Å². The van der Waals surface area contributed by atoms with Crippen LogP contribution < -0.4 is 0 Å².